The van der Waals surface area contributed by atoms with E-state index in [4.69, 9.17) is 16.3 Å². The van der Waals surface area contributed by atoms with Gasteiger partial charge < -0.3 is 14.8 Å². The molecule has 0 amide bonds. The summed E-state index contributed by atoms with van der Waals surface area (Å²) in [6.45, 7) is 17.5. The van der Waals surface area contributed by atoms with Gasteiger partial charge in [-0.05, 0) is 73.4 Å². The van der Waals surface area contributed by atoms with Crippen LogP contribution in [0.5, 0.6) is 0 Å². The van der Waals surface area contributed by atoms with Crippen molar-refractivity contribution in [3.05, 3.63) is 69.9 Å². The number of carbonyl (C=O) groups is 3. The fourth-order valence-corrected chi connectivity index (χ4v) is 5.73. The second-order valence-corrected chi connectivity index (χ2v) is 14.4. The summed E-state index contributed by atoms with van der Waals surface area (Å²) in [4.78, 5) is 43.3. The number of carboxylic acids is 1. The van der Waals surface area contributed by atoms with Crippen molar-refractivity contribution in [1.82, 2.24) is 4.98 Å². The predicted molar refractivity (Wildman–Crippen MR) is 165 cm³/mol. The Labute approximate surface area is 248 Å². The van der Waals surface area contributed by atoms with Crippen LogP contribution in [0.1, 0.15) is 95.9 Å². The second kappa shape index (κ2) is 11.6. The van der Waals surface area contributed by atoms with Crippen LogP contribution < -0.4 is 0 Å². The van der Waals surface area contributed by atoms with Crippen molar-refractivity contribution in [2.24, 2.45) is 16.2 Å². The summed E-state index contributed by atoms with van der Waals surface area (Å²) in [5.41, 5.74) is 0.210. The number of hydrogen-bond acceptors (Lipinski definition) is 4. The average molecular weight is 582 g/mol. The van der Waals surface area contributed by atoms with Crippen molar-refractivity contribution < 1.29 is 24.2 Å². The van der Waals surface area contributed by atoms with Gasteiger partial charge in [0.15, 0.2) is 5.78 Å². The number of aliphatic carboxylic acids is 1. The summed E-state index contributed by atoms with van der Waals surface area (Å²) < 4.78 is 5.31. The molecule has 7 heteroatoms. The van der Waals surface area contributed by atoms with Crippen LogP contribution in [0.4, 0.5) is 0 Å². The van der Waals surface area contributed by atoms with Crippen LogP contribution in [0.3, 0.4) is 0 Å². The molecule has 41 heavy (non-hydrogen) atoms. The minimum atomic E-state index is -1.30. The maximum atomic E-state index is 13.9. The third-order valence-corrected chi connectivity index (χ3v) is 8.07. The zero-order valence-corrected chi connectivity index (χ0v) is 26.6. The number of esters is 1. The largest absolute Gasteiger partial charge is 0.481 e. The molecule has 1 atom stereocenters. The first-order valence-electron chi connectivity index (χ1n) is 14.2. The number of benzene rings is 2. The molecule has 1 heterocycles. The average Bonchev–Trinajstić information content (AvgIpc) is 3.18. The van der Waals surface area contributed by atoms with Crippen molar-refractivity contribution in [1.29, 1.82) is 0 Å². The van der Waals surface area contributed by atoms with Crippen molar-refractivity contribution >= 4 is 40.2 Å². The molecule has 6 nitrogen and oxygen atoms in total. The highest BCUT2D eigenvalue weighted by Gasteiger charge is 2.50. The highest BCUT2D eigenvalue weighted by atomic mass is 35.5. The molecule has 0 aliphatic rings. The standard InChI is InChI=1S/C34H44ClNO5/c1-10-41-30(40)33(8,9)19-26-28(27(37)20-31(2,3)4)24-17-22(13-16-25(24)36-26)34(29(38)39,32(5,6)7)18-21-11-14-23(35)15-12-21/h11-17,36H,10,18-20H2,1-9H3,(H,38,39). The maximum absolute atomic E-state index is 13.9. The van der Waals surface area contributed by atoms with Gasteiger partial charge in [-0.25, -0.2) is 0 Å². The highest BCUT2D eigenvalue weighted by Crippen LogP contribution is 2.46. The van der Waals surface area contributed by atoms with E-state index < -0.39 is 22.2 Å². The topological polar surface area (TPSA) is 96.5 Å². The van der Waals surface area contributed by atoms with E-state index >= 15 is 0 Å². The van der Waals surface area contributed by atoms with E-state index in [9.17, 15) is 19.5 Å². The van der Waals surface area contributed by atoms with Gasteiger partial charge >= 0.3 is 11.9 Å². The van der Waals surface area contributed by atoms with Gasteiger partial charge in [0.05, 0.1) is 12.0 Å². The number of carbonyl (C=O) groups excluding carboxylic acids is 2. The van der Waals surface area contributed by atoms with E-state index in [0.29, 0.717) is 33.7 Å². The van der Waals surface area contributed by atoms with Crippen molar-refractivity contribution in [3.8, 4) is 0 Å². The number of nitrogens with one attached hydrogen (secondary N) is 1. The fraction of sp³-hybridized carbons (Fsp3) is 0.500. The highest BCUT2D eigenvalue weighted by molar-refractivity contribution is 6.30. The van der Waals surface area contributed by atoms with E-state index in [-0.39, 0.29) is 36.6 Å². The molecule has 0 fully saturated rings. The number of Topliss-reactive ketones (excluding diaryl/α,β-unsaturated/α-hetero) is 1. The van der Waals surface area contributed by atoms with Crippen LogP contribution in [-0.2, 0) is 32.6 Å². The molecule has 2 aromatic carbocycles. The Balaban J connectivity index is 2.29. The minimum Gasteiger partial charge on any atom is -0.481 e. The molecule has 222 valence electrons. The number of aromatic amines is 1. The summed E-state index contributed by atoms with van der Waals surface area (Å²) >= 11 is 6.11. The molecule has 0 bridgehead atoms. The van der Waals surface area contributed by atoms with Crippen LogP contribution in [0.2, 0.25) is 5.02 Å². The number of halogens is 1. The Bertz CT molecular complexity index is 1440. The Hall–Kier alpha value is -3.12. The SMILES string of the molecule is CCOC(=O)C(C)(C)Cc1[nH]c2ccc(C(Cc3ccc(Cl)cc3)(C(=O)O)C(C)(C)C)cc2c1C(=O)CC(C)(C)C. The molecule has 3 aromatic rings. The Morgan fingerprint density at radius 2 is 1.51 bits per heavy atom. The molecule has 0 saturated carbocycles. The second-order valence-electron chi connectivity index (χ2n) is 13.9. The molecular weight excluding hydrogens is 538 g/mol. The fourth-order valence-electron chi connectivity index (χ4n) is 5.60. The molecule has 0 spiro atoms. The normalized spacial score (nSPS) is 14.1. The van der Waals surface area contributed by atoms with Crippen molar-refractivity contribution in [3.63, 3.8) is 0 Å². The lowest BCUT2D eigenvalue weighted by molar-refractivity contribution is -0.153. The Morgan fingerprint density at radius 3 is 2.02 bits per heavy atom. The van der Waals surface area contributed by atoms with E-state index in [2.05, 4.69) is 4.98 Å². The zero-order chi connectivity index (χ0) is 31.0. The van der Waals surface area contributed by atoms with Gasteiger partial charge in [0.25, 0.3) is 0 Å². The van der Waals surface area contributed by atoms with E-state index in [1.807, 2.05) is 71.9 Å². The van der Waals surface area contributed by atoms with Gasteiger partial charge in [0.2, 0.25) is 0 Å². The summed E-state index contributed by atoms with van der Waals surface area (Å²) in [5, 5.41) is 12.1. The molecular formula is C34H44ClNO5. The molecule has 0 radical (unpaired) electrons. The van der Waals surface area contributed by atoms with Crippen molar-refractivity contribution in [2.75, 3.05) is 6.61 Å². The van der Waals surface area contributed by atoms with Gasteiger partial charge in [0.1, 0.15) is 5.41 Å². The minimum absolute atomic E-state index is 0.0510. The summed E-state index contributed by atoms with van der Waals surface area (Å²) in [6, 6.07) is 12.8. The van der Waals surface area contributed by atoms with Gasteiger partial charge in [-0.3, -0.25) is 14.4 Å². The number of carboxylic acid groups (broad SMARTS) is 1. The number of hydrogen-bond donors (Lipinski definition) is 2. The summed E-state index contributed by atoms with van der Waals surface area (Å²) in [7, 11) is 0. The quantitative estimate of drug-likeness (QED) is 0.186. The molecule has 3 rings (SSSR count). The van der Waals surface area contributed by atoms with E-state index in [1.54, 1.807) is 32.9 Å². The van der Waals surface area contributed by atoms with Gasteiger partial charge in [0, 0.05) is 40.0 Å². The lowest BCUT2D eigenvalue weighted by Crippen LogP contribution is -2.49. The number of H-pyrrole nitrogens is 1. The number of aromatic nitrogens is 1. The Kier molecular flexibility index (Phi) is 9.19. The molecule has 0 aliphatic carbocycles. The lowest BCUT2D eigenvalue weighted by Gasteiger charge is -2.42. The summed E-state index contributed by atoms with van der Waals surface area (Å²) in [5.74, 6) is -1.33. The lowest BCUT2D eigenvalue weighted by atomic mass is 9.59. The molecule has 1 unspecified atom stereocenters. The van der Waals surface area contributed by atoms with Crippen LogP contribution in [0.15, 0.2) is 42.5 Å². The summed E-state index contributed by atoms with van der Waals surface area (Å²) in [6.07, 6.45) is 0.813. The molecule has 0 aliphatic heterocycles. The molecule has 1 aromatic heterocycles. The third kappa shape index (κ3) is 6.86. The first kappa shape index (κ1) is 32.4. The zero-order valence-electron chi connectivity index (χ0n) is 25.8. The van der Waals surface area contributed by atoms with E-state index in [1.165, 1.54) is 0 Å². The van der Waals surface area contributed by atoms with Crippen LogP contribution in [-0.4, -0.2) is 34.4 Å². The predicted octanol–water partition coefficient (Wildman–Crippen LogP) is 8.18. The number of fused-ring (bicyclic) bond motifs is 1. The monoisotopic (exact) mass is 581 g/mol. The van der Waals surface area contributed by atoms with Crippen molar-refractivity contribution in [2.45, 2.75) is 87.0 Å². The number of ketones is 1. The smallest absolute Gasteiger partial charge is 0.315 e. The number of rotatable bonds is 10. The van der Waals surface area contributed by atoms with Gasteiger partial charge in [-0.2, -0.15) is 0 Å². The van der Waals surface area contributed by atoms with Crippen LogP contribution >= 0.6 is 11.6 Å². The third-order valence-electron chi connectivity index (χ3n) is 7.81. The van der Waals surface area contributed by atoms with Crippen LogP contribution in [0.25, 0.3) is 10.9 Å². The maximum Gasteiger partial charge on any atom is 0.315 e. The molecule has 2 N–H and O–H groups in total. The first-order chi connectivity index (χ1) is 18.8. The van der Waals surface area contributed by atoms with Gasteiger partial charge in [-0.15, -0.1) is 0 Å². The Morgan fingerprint density at radius 1 is 0.902 bits per heavy atom. The van der Waals surface area contributed by atoms with E-state index in [0.717, 1.165) is 11.1 Å². The molecule has 0 saturated heterocycles. The number of ether oxygens (including phenoxy) is 1. The van der Waals surface area contributed by atoms with Crippen LogP contribution in [0, 0.1) is 16.2 Å². The van der Waals surface area contributed by atoms with Gasteiger partial charge in [-0.1, -0.05) is 71.3 Å². The first-order valence-corrected chi connectivity index (χ1v) is 14.5.